The van der Waals surface area contributed by atoms with E-state index in [1.807, 2.05) is 30.3 Å². The van der Waals surface area contributed by atoms with Crippen molar-refractivity contribution in [1.82, 2.24) is 5.32 Å². The van der Waals surface area contributed by atoms with E-state index in [0.29, 0.717) is 6.54 Å². The van der Waals surface area contributed by atoms with Crippen LogP contribution < -0.4 is 40.0 Å². The number of aliphatic hydroxyl groups excluding tert-OH is 1. The van der Waals surface area contributed by atoms with Gasteiger partial charge in [0.05, 0.1) is 6.10 Å². The van der Waals surface area contributed by atoms with Crippen LogP contribution in [0, 0.1) is 0 Å². The Morgan fingerprint density at radius 3 is 2.56 bits per heavy atom. The molecule has 82 valence electrons. The van der Waals surface area contributed by atoms with E-state index in [1.54, 1.807) is 0 Å². The third kappa shape index (κ3) is 6.98. The largest absolute Gasteiger partial charge is 1.00 e. The van der Waals surface area contributed by atoms with E-state index in [9.17, 15) is 15.0 Å². The van der Waals surface area contributed by atoms with Crippen molar-refractivity contribution in [3.8, 4) is 0 Å². The van der Waals surface area contributed by atoms with E-state index in [0.717, 1.165) is 5.56 Å². The number of hydrogen-bond donors (Lipinski definition) is 2. The molecule has 1 rings (SSSR count). The molecule has 0 amide bonds. The van der Waals surface area contributed by atoms with E-state index >= 15 is 0 Å². The number of rotatable bonds is 6. The van der Waals surface area contributed by atoms with Gasteiger partial charge >= 0.3 is 29.6 Å². The molecule has 4 nitrogen and oxygen atoms in total. The number of aliphatic carboxylic acids is 1. The summed E-state index contributed by atoms with van der Waals surface area (Å²) in [5.74, 6) is -1.23. The number of carbonyl (C=O) groups excluding carboxylic acids is 1. The third-order valence-corrected chi connectivity index (χ3v) is 1.95. The van der Waals surface area contributed by atoms with E-state index in [1.165, 1.54) is 0 Å². The number of benzene rings is 1. The molecule has 0 fully saturated rings. The zero-order valence-electron chi connectivity index (χ0n) is 9.35. The van der Waals surface area contributed by atoms with E-state index in [2.05, 4.69) is 5.32 Å². The van der Waals surface area contributed by atoms with E-state index < -0.39 is 12.1 Å². The van der Waals surface area contributed by atoms with Gasteiger partial charge in [0.25, 0.3) is 0 Å². The maximum absolute atomic E-state index is 10.1. The molecule has 0 heterocycles. The van der Waals surface area contributed by atoms with Gasteiger partial charge in [-0.15, -0.1) is 0 Å². The molecule has 0 saturated heterocycles. The average molecular weight is 231 g/mol. The first-order valence-electron chi connectivity index (χ1n) is 4.81. The van der Waals surface area contributed by atoms with Crippen molar-refractivity contribution < 1.29 is 44.6 Å². The molecule has 0 unspecified atom stereocenters. The average Bonchev–Trinajstić information content (AvgIpc) is 2.18. The molecular formula is C11H14NNaO3. The summed E-state index contributed by atoms with van der Waals surface area (Å²) in [6, 6.07) is 9.69. The summed E-state index contributed by atoms with van der Waals surface area (Å²) in [6.45, 7) is 0.869. The topological polar surface area (TPSA) is 72.4 Å². The number of nitrogens with one attached hydrogen (secondary N) is 1. The van der Waals surface area contributed by atoms with Crippen molar-refractivity contribution in [2.45, 2.75) is 19.1 Å². The van der Waals surface area contributed by atoms with Gasteiger partial charge in [-0.05, 0) is 5.56 Å². The Morgan fingerprint density at radius 1 is 1.38 bits per heavy atom. The molecule has 1 aromatic rings. The molecule has 2 N–H and O–H groups in total. The standard InChI is InChI=1S/C11H15NO3.Na/c13-10(6-11(14)15)8-12-7-9-4-2-1-3-5-9;/h1-5,10,12-13H,6-8H2,(H,14,15);/q;+1/p-1/t10-;/m1./s1. The normalized spacial score (nSPS) is 11.6. The van der Waals surface area contributed by atoms with Gasteiger partial charge in [0.15, 0.2) is 0 Å². The zero-order valence-corrected chi connectivity index (χ0v) is 11.3. The van der Waals surface area contributed by atoms with Gasteiger partial charge in [0.2, 0.25) is 0 Å². The molecule has 0 bridgehead atoms. The zero-order chi connectivity index (χ0) is 11.1. The molecule has 0 spiro atoms. The Hall–Kier alpha value is -0.390. The van der Waals surface area contributed by atoms with Gasteiger partial charge in [-0.2, -0.15) is 0 Å². The number of hydrogen-bond acceptors (Lipinski definition) is 4. The summed E-state index contributed by atoms with van der Waals surface area (Å²) in [5.41, 5.74) is 1.10. The molecule has 1 atom stereocenters. The Bertz CT molecular complexity index is 305. The second-order valence-electron chi connectivity index (χ2n) is 3.35. The van der Waals surface area contributed by atoms with Gasteiger partial charge in [-0.25, -0.2) is 0 Å². The van der Waals surface area contributed by atoms with Crippen molar-refractivity contribution in [1.29, 1.82) is 0 Å². The Labute approximate surface area is 117 Å². The first kappa shape index (κ1) is 15.6. The summed E-state index contributed by atoms with van der Waals surface area (Å²) in [7, 11) is 0. The maximum atomic E-state index is 10.1. The van der Waals surface area contributed by atoms with Crippen LogP contribution in [0.4, 0.5) is 0 Å². The van der Waals surface area contributed by atoms with Gasteiger partial charge in [0, 0.05) is 25.5 Å². The van der Waals surface area contributed by atoms with Crippen LogP contribution in [-0.4, -0.2) is 23.7 Å². The van der Waals surface area contributed by atoms with E-state index in [-0.39, 0.29) is 42.5 Å². The minimum atomic E-state index is -1.23. The summed E-state index contributed by atoms with van der Waals surface area (Å²) in [5, 5.41) is 22.3. The van der Waals surface area contributed by atoms with Crippen LogP contribution >= 0.6 is 0 Å². The van der Waals surface area contributed by atoms with Gasteiger partial charge in [0.1, 0.15) is 0 Å². The van der Waals surface area contributed by atoms with E-state index in [4.69, 9.17) is 0 Å². The molecular weight excluding hydrogens is 217 g/mol. The molecule has 5 heteroatoms. The SMILES string of the molecule is O=C([O-])C[C@@H](O)CNCc1ccccc1.[Na+]. The molecule has 0 aliphatic rings. The molecule has 0 radical (unpaired) electrons. The fourth-order valence-corrected chi connectivity index (χ4v) is 1.24. The van der Waals surface area contributed by atoms with Crippen LogP contribution in [0.15, 0.2) is 30.3 Å². The molecule has 0 aromatic heterocycles. The van der Waals surface area contributed by atoms with Crippen molar-refractivity contribution in [3.63, 3.8) is 0 Å². The smallest absolute Gasteiger partial charge is 0.550 e. The fraction of sp³-hybridized carbons (Fsp3) is 0.364. The number of carboxylic acid groups (broad SMARTS) is 1. The first-order chi connectivity index (χ1) is 7.18. The van der Waals surface area contributed by atoms with Crippen LogP contribution in [0.5, 0.6) is 0 Å². The molecule has 0 saturated carbocycles. The Morgan fingerprint density at radius 2 is 2.00 bits per heavy atom. The van der Waals surface area contributed by atoms with Crippen LogP contribution in [0.25, 0.3) is 0 Å². The summed E-state index contributed by atoms with van der Waals surface area (Å²) in [4.78, 5) is 10.1. The van der Waals surface area contributed by atoms with Crippen LogP contribution in [-0.2, 0) is 11.3 Å². The predicted octanol–water partition coefficient (Wildman–Crippen LogP) is -3.72. The quantitative estimate of drug-likeness (QED) is 0.494. The molecule has 16 heavy (non-hydrogen) atoms. The molecule has 0 aliphatic carbocycles. The van der Waals surface area contributed by atoms with Crippen molar-refractivity contribution in [2.24, 2.45) is 0 Å². The Balaban J connectivity index is 0.00000225. The number of carbonyl (C=O) groups is 1. The van der Waals surface area contributed by atoms with Gasteiger partial charge < -0.3 is 20.3 Å². The second kappa shape index (κ2) is 8.73. The maximum Gasteiger partial charge on any atom is 1.00 e. The summed E-state index contributed by atoms with van der Waals surface area (Å²) < 4.78 is 0. The minimum absolute atomic E-state index is 0. The minimum Gasteiger partial charge on any atom is -0.550 e. The second-order valence-corrected chi connectivity index (χ2v) is 3.35. The molecule has 1 aromatic carbocycles. The van der Waals surface area contributed by atoms with Gasteiger partial charge in [-0.1, -0.05) is 30.3 Å². The predicted molar refractivity (Wildman–Crippen MR) is 53.8 cm³/mol. The number of aliphatic hydroxyl groups is 1. The monoisotopic (exact) mass is 231 g/mol. The summed E-state index contributed by atoms with van der Waals surface area (Å²) >= 11 is 0. The molecule has 0 aliphatic heterocycles. The van der Waals surface area contributed by atoms with Crippen molar-refractivity contribution in [3.05, 3.63) is 35.9 Å². The van der Waals surface area contributed by atoms with Crippen LogP contribution in [0.1, 0.15) is 12.0 Å². The van der Waals surface area contributed by atoms with Crippen molar-refractivity contribution >= 4 is 5.97 Å². The number of carboxylic acids is 1. The van der Waals surface area contributed by atoms with Crippen LogP contribution in [0.3, 0.4) is 0 Å². The van der Waals surface area contributed by atoms with Gasteiger partial charge in [-0.3, -0.25) is 0 Å². The summed E-state index contributed by atoms with van der Waals surface area (Å²) in [6.07, 6.45) is -1.22. The Kier molecular flexibility index (Phi) is 8.51. The third-order valence-electron chi connectivity index (χ3n) is 1.95. The van der Waals surface area contributed by atoms with Crippen molar-refractivity contribution in [2.75, 3.05) is 6.54 Å². The first-order valence-corrected chi connectivity index (χ1v) is 4.81. The fourth-order valence-electron chi connectivity index (χ4n) is 1.24. The van der Waals surface area contributed by atoms with Crippen LogP contribution in [0.2, 0.25) is 0 Å².